The number of rotatable bonds is 7. The van der Waals surface area contributed by atoms with Gasteiger partial charge in [-0.1, -0.05) is 43.3 Å². The van der Waals surface area contributed by atoms with Gasteiger partial charge in [-0.3, -0.25) is 15.0 Å². The molecule has 30 heavy (non-hydrogen) atoms. The molecule has 0 saturated carbocycles. The van der Waals surface area contributed by atoms with Gasteiger partial charge in [-0.05, 0) is 36.7 Å². The summed E-state index contributed by atoms with van der Waals surface area (Å²) in [5, 5.41) is 3.72. The summed E-state index contributed by atoms with van der Waals surface area (Å²) in [7, 11) is 1.83. The first kappa shape index (κ1) is 20.4. The molecule has 1 aromatic heterocycles. The molecule has 7 nitrogen and oxygen atoms in total. The Kier molecular flexibility index (Phi) is 5.74. The molecule has 0 radical (unpaired) electrons. The smallest absolute Gasteiger partial charge is 0.262 e. The lowest BCUT2D eigenvalue weighted by molar-refractivity contribution is -0.156. The topological polar surface area (TPSA) is 79.3 Å². The van der Waals surface area contributed by atoms with Crippen LogP contribution >= 0.6 is 11.6 Å². The molecule has 1 aliphatic heterocycles. The monoisotopic (exact) mass is 425 g/mol. The van der Waals surface area contributed by atoms with Gasteiger partial charge in [0.15, 0.2) is 0 Å². The number of fused-ring (bicyclic) bond motifs is 1. The van der Waals surface area contributed by atoms with E-state index in [9.17, 15) is 9.59 Å². The van der Waals surface area contributed by atoms with E-state index in [1.54, 1.807) is 0 Å². The molecule has 8 heteroatoms. The van der Waals surface area contributed by atoms with Crippen LogP contribution in [0.15, 0.2) is 48.5 Å². The van der Waals surface area contributed by atoms with E-state index in [2.05, 4.69) is 22.7 Å². The molecule has 1 aliphatic rings. The van der Waals surface area contributed by atoms with Gasteiger partial charge < -0.3 is 9.88 Å². The van der Waals surface area contributed by atoms with Crippen LogP contribution < -0.4 is 10.7 Å². The average molecular weight is 426 g/mol. The second kappa shape index (κ2) is 8.45. The summed E-state index contributed by atoms with van der Waals surface area (Å²) < 4.78 is 1.86. The molecule has 156 valence electrons. The van der Waals surface area contributed by atoms with Crippen LogP contribution in [0.3, 0.4) is 0 Å². The summed E-state index contributed by atoms with van der Waals surface area (Å²) in [5.41, 5.74) is 6.53. The number of hydrogen-bond acceptors (Lipinski definition) is 4. The van der Waals surface area contributed by atoms with Crippen LogP contribution in [0.25, 0.3) is 11.0 Å². The predicted molar refractivity (Wildman–Crippen MR) is 116 cm³/mol. The van der Waals surface area contributed by atoms with Crippen molar-refractivity contribution in [2.45, 2.75) is 37.9 Å². The third-order valence-corrected chi connectivity index (χ3v) is 5.80. The molecule has 1 fully saturated rings. The minimum absolute atomic E-state index is 0.0513. The summed E-state index contributed by atoms with van der Waals surface area (Å²) in [6.45, 7) is 2.66. The summed E-state index contributed by atoms with van der Waals surface area (Å²) in [4.78, 5) is 29.8. The molecular formula is C22H24ClN5O2. The Bertz CT molecular complexity index is 1080. The average Bonchev–Trinajstić information content (AvgIpc) is 3.11. The van der Waals surface area contributed by atoms with E-state index in [0.717, 1.165) is 28.8 Å². The number of aromatic nitrogens is 2. The minimum atomic E-state index is -0.688. The zero-order valence-corrected chi connectivity index (χ0v) is 17.7. The molecule has 0 spiro atoms. The molecule has 0 aliphatic carbocycles. The first-order valence-electron chi connectivity index (χ1n) is 9.97. The molecule has 2 heterocycles. The zero-order valence-electron chi connectivity index (χ0n) is 16.9. The number of β-lactam (4-membered cyclic amide) rings is 1. The van der Waals surface area contributed by atoms with E-state index in [1.807, 2.05) is 60.1 Å². The van der Waals surface area contributed by atoms with E-state index in [0.29, 0.717) is 6.54 Å². The Morgan fingerprint density at radius 1 is 1.17 bits per heavy atom. The highest BCUT2D eigenvalue weighted by atomic mass is 35.5. The van der Waals surface area contributed by atoms with Crippen LogP contribution in [0.4, 0.5) is 0 Å². The van der Waals surface area contributed by atoms with E-state index in [4.69, 9.17) is 11.6 Å². The van der Waals surface area contributed by atoms with E-state index in [-0.39, 0.29) is 24.4 Å². The number of para-hydroxylation sites is 2. The van der Waals surface area contributed by atoms with Gasteiger partial charge >= 0.3 is 0 Å². The van der Waals surface area contributed by atoms with Crippen molar-refractivity contribution in [1.82, 2.24) is 25.3 Å². The Balaban J connectivity index is 1.52. The first-order chi connectivity index (χ1) is 14.5. The maximum absolute atomic E-state index is 12.8. The molecule has 3 aromatic rings. The molecule has 4 rings (SSSR count). The summed E-state index contributed by atoms with van der Waals surface area (Å²) >= 11 is 6.27. The van der Waals surface area contributed by atoms with Crippen LogP contribution in [-0.2, 0) is 29.1 Å². The van der Waals surface area contributed by atoms with E-state index in [1.165, 1.54) is 10.6 Å². The van der Waals surface area contributed by atoms with Crippen molar-refractivity contribution in [2.24, 2.45) is 0 Å². The fourth-order valence-corrected chi connectivity index (χ4v) is 4.12. The number of halogens is 1. The van der Waals surface area contributed by atoms with Gasteiger partial charge in [-0.15, -0.1) is 11.6 Å². The highest BCUT2D eigenvalue weighted by Crippen LogP contribution is 2.37. The van der Waals surface area contributed by atoms with Crippen molar-refractivity contribution < 1.29 is 9.59 Å². The quantitative estimate of drug-likeness (QED) is 0.450. The number of imidazole rings is 1. The number of hydrogen-bond donors (Lipinski definition) is 2. The van der Waals surface area contributed by atoms with Crippen molar-refractivity contribution in [3.05, 3.63) is 65.5 Å². The molecule has 2 N–H and O–H groups in total. The number of amides is 2. The van der Waals surface area contributed by atoms with Gasteiger partial charge in [0.2, 0.25) is 0 Å². The number of hydrazine groups is 1. The van der Waals surface area contributed by atoms with Crippen molar-refractivity contribution in [2.75, 3.05) is 7.05 Å². The standard InChI is InChI=1S/C22H24ClN5O2/c1-3-14-8-10-15(11-9-14)21-20(23)22(30)28(21)26-19(29)13-27-17-7-5-4-6-16(17)25-18(27)12-24-2/h4-11,20-21,24H,3,12-13H2,1-2H3,(H,26,29)/t20-,21+/m0/s1. The summed E-state index contributed by atoms with van der Waals surface area (Å²) in [5.74, 6) is 0.147. The molecule has 2 amide bonds. The largest absolute Gasteiger partial charge is 0.317 e. The van der Waals surface area contributed by atoms with Gasteiger partial charge in [-0.2, -0.15) is 0 Å². The van der Waals surface area contributed by atoms with Crippen LogP contribution in [0.2, 0.25) is 0 Å². The summed E-state index contributed by atoms with van der Waals surface area (Å²) in [6.07, 6.45) is 0.933. The Morgan fingerprint density at radius 3 is 2.60 bits per heavy atom. The lowest BCUT2D eigenvalue weighted by atomic mass is 9.94. The number of nitrogens with zero attached hydrogens (tertiary/aromatic N) is 3. The van der Waals surface area contributed by atoms with Gasteiger partial charge in [0.1, 0.15) is 23.8 Å². The lowest BCUT2D eigenvalue weighted by Crippen LogP contribution is -2.63. The van der Waals surface area contributed by atoms with Crippen LogP contribution in [-0.4, -0.2) is 38.8 Å². The second-order valence-corrected chi connectivity index (χ2v) is 7.79. The molecule has 0 bridgehead atoms. The molecule has 2 atom stereocenters. The van der Waals surface area contributed by atoms with E-state index >= 15 is 0 Å². The normalized spacial score (nSPS) is 18.5. The number of nitrogens with one attached hydrogen (secondary N) is 2. The van der Waals surface area contributed by atoms with Crippen LogP contribution in [0.5, 0.6) is 0 Å². The van der Waals surface area contributed by atoms with E-state index < -0.39 is 5.38 Å². The van der Waals surface area contributed by atoms with Gasteiger partial charge in [0.05, 0.1) is 17.6 Å². The third kappa shape index (κ3) is 3.66. The van der Waals surface area contributed by atoms with Crippen LogP contribution in [0.1, 0.15) is 29.9 Å². The predicted octanol–water partition coefficient (Wildman–Crippen LogP) is 2.54. The van der Waals surface area contributed by atoms with Crippen molar-refractivity contribution in [3.8, 4) is 0 Å². The molecule has 1 saturated heterocycles. The van der Waals surface area contributed by atoms with Crippen LogP contribution in [0, 0.1) is 0 Å². The minimum Gasteiger partial charge on any atom is -0.317 e. The Hall–Kier alpha value is -2.90. The number of carbonyl (C=O) groups is 2. The highest BCUT2D eigenvalue weighted by molar-refractivity contribution is 6.33. The number of alkyl halides is 1. The third-order valence-electron chi connectivity index (χ3n) is 5.37. The van der Waals surface area contributed by atoms with Gasteiger partial charge in [0, 0.05) is 0 Å². The number of carbonyl (C=O) groups excluding carboxylic acids is 2. The number of benzene rings is 2. The zero-order chi connectivity index (χ0) is 21.3. The summed E-state index contributed by atoms with van der Waals surface area (Å²) in [6, 6.07) is 15.2. The SMILES string of the molecule is CCc1ccc([C@@H]2[C@H](Cl)C(=O)N2NC(=O)Cn2c(CNC)nc3ccccc32)cc1. The number of aryl methyl sites for hydroxylation is 1. The fourth-order valence-electron chi connectivity index (χ4n) is 3.76. The molecule has 0 unspecified atom stereocenters. The van der Waals surface area contributed by atoms with Gasteiger partial charge in [0.25, 0.3) is 11.8 Å². The maximum atomic E-state index is 12.8. The van der Waals surface area contributed by atoms with Crippen molar-refractivity contribution in [1.29, 1.82) is 0 Å². The highest BCUT2D eigenvalue weighted by Gasteiger charge is 2.48. The van der Waals surface area contributed by atoms with Gasteiger partial charge in [-0.25, -0.2) is 9.99 Å². The lowest BCUT2D eigenvalue weighted by Gasteiger charge is -2.44. The fraction of sp³-hybridized carbons (Fsp3) is 0.318. The Labute approximate surface area is 180 Å². The molecular weight excluding hydrogens is 402 g/mol. The first-order valence-corrected chi connectivity index (χ1v) is 10.4. The Morgan fingerprint density at radius 2 is 1.90 bits per heavy atom. The maximum Gasteiger partial charge on any atom is 0.262 e. The second-order valence-electron chi connectivity index (χ2n) is 7.32. The van der Waals surface area contributed by atoms with Crippen molar-refractivity contribution in [3.63, 3.8) is 0 Å². The molecule has 2 aromatic carbocycles. The van der Waals surface area contributed by atoms with Crippen molar-refractivity contribution >= 4 is 34.4 Å².